The number of para-hydroxylation sites is 1. The van der Waals surface area contributed by atoms with E-state index < -0.39 is 5.92 Å². The molecule has 0 spiro atoms. The summed E-state index contributed by atoms with van der Waals surface area (Å²) in [5, 5.41) is 2.89. The van der Waals surface area contributed by atoms with E-state index in [0.29, 0.717) is 18.6 Å². The third-order valence-electron chi connectivity index (χ3n) is 8.16. The van der Waals surface area contributed by atoms with E-state index in [1.165, 1.54) is 0 Å². The Morgan fingerprint density at radius 3 is 2.08 bits per heavy atom. The number of benzene rings is 2. The third-order valence-corrected chi connectivity index (χ3v) is 8.16. The molecule has 2 aromatic rings. The number of ether oxygens (including phenoxy) is 1. The number of carbonyl (C=O) groups excluding carboxylic acids is 3. The molecule has 1 aliphatic heterocycles. The van der Waals surface area contributed by atoms with Gasteiger partial charge in [0.15, 0.2) is 18.2 Å². The number of amides is 1. The lowest BCUT2D eigenvalue weighted by molar-refractivity contribution is -0.120. The molecule has 2 aromatic carbocycles. The number of Topliss-reactive ketones (excluding diaryl/α,β-unsaturated/α-hetero) is 2. The molecule has 1 N–H and O–H groups in total. The molecule has 0 unspecified atom stereocenters. The average molecular weight is 527 g/mol. The van der Waals surface area contributed by atoms with E-state index in [-0.39, 0.29) is 34.9 Å². The lowest BCUT2D eigenvalue weighted by Crippen LogP contribution is -2.43. The van der Waals surface area contributed by atoms with Gasteiger partial charge < -0.3 is 15.0 Å². The lowest BCUT2D eigenvalue weighted by atomic mass is 9.64. The van der Waals surface area contributed by atoms with E-state index in [9.17, 15) is 14.4 Å². The fourth-order valence-electron chi connectivity index (χ4n) is 6.33. The second-order valence-corrected chi connectivity index (χ2v) is 12.8. The Morgan fingerprint density at radius 1 is 0.897 bits per heavy atom. The van der Waals surface area contributed by atoms with Gasteiger partial charge in [-0.1, -0.05) is 58.0 Å². The molecule has 39 heavy (non-hydrogen) atoms. The van der Waals surface area contributed by atoms with Crippen molar-refractivity contribution in [2.45, 2.75) is 66.2 Å². The topological polar surface area (TPSA) is 75.7 Å². The van der Waals surface area contributed by atoms with Crippen LogP contribution in [0.3, 0.4) is 0 Å². The molecule has 6 heteroatoms. The van der Waals surface area contributed by atoms with Crippen LogP contribution in [0.2, 0.25) is 0 Å². The van der Waals surface area contributed by atoms with Crippen molar-refractivity contribution in [1.82, 2.24) is 4.90 Å². The van der Waals surface area contributed by atoms with Crippen molar-refractivity contribution in [3.05, 3.63) is 82.2 Å². The van der Waals surface area contributed by atoms with E-state index >= 15 is 0 Å². The second-order valence-electron chi connectivity index (χ2n) is 12.8. The van der Waals surface area contributed by atoms with Crippen molar-refractivity contribution in [3.8, 4) is 5.75 Å². The number of hydrogen-bond acceptors (Lipinski definition) is 5. The number of nitrogens with one attached hydrogen (secondary N) is 1. The van der Waals surface area contributed by atoms with Gasteiger partial charge in [0, 0.05) is 54.0 Å². The van der Waals surface area contributed by atoms with Crippen molar-refractivity contribution >= 4 is 23.2 Å². The number of hydrogen-bond donors (Lipinski definition) is 1. The van der Waals surface area contributed by atoms with Crippen LogP contribution in [-0.4, -0.2) is 36.0 Å². The van der Waals surface area contributed by atoms with E-state index in [0.717, 1.165) is 52.2 Å². The smallest absolute Gasteiger partial charge is 0.262 e. The molecule has 0 saturated heterocycles. The number of aryl methyl sites for hydroxylation is 1. The Morgan fingerprint density at radius 2 is 1.49 bits per heavy atom. The predicted octanol–water partition coefficient (Wildman–Crippen LogP) is 6.33. The van der Waals surface area contributed by atoms with Gasteiger partial charge in [-0.15, -0.1) is 0 Å². The van der Waals surface area contributed by atoms with Gasteiger partial charge in [0.25, 0.3) is 5.91 Å². The maximum Gasteiger partial charge on any atom is 0.262 e. The molecule has 1 amide bonds. The Labute approximate surface area is 231 Å². The maximum absolute atomic E-state index is 13.7. The first kappa shape index (κ1) is 26.9. The van der Waals surface area contributed by atoms with Gasteiger partial charge in [-0.05, 0) is 59.9 Å². The molecule has 204 valence electrons. The summed E-state index contributed by atoms with van der Waals surface area (Å²) >= 11 is 0. The third kappa shape index (κ3) is 5.29. The highest BCUT2D eigenvalue weighted by Gasteiger charge is 2.48. The minimum absolute atomic E-state index is 0.103. The molecule has 0 bridgehead atoms. The van der Waals surface area contributed by atoms with E-state index in [4.69, 9.17) is 4.74 Å². The first-order valence-electron chi connectivity index (χ1n) is 13.7. The summed E-state index contributed by atoms with van der Waals surface area (Å²) in [6.45, 7) is 10.3. The van der Waals surface area contributed by atoms with Crippen LogP contribution in [0.15, 0.2) is 71.1 Å². The maximum atomic E-state index is 13.7. The van der Waals surface area contributed by atoms with Gasteiger partial charge in [-0.2, -0.15) is 0 Å². The monoisotopic (exact) mass is 526 g/mol. The average Bonchev–Trinajstić information content (AvgIpc) is 2.84. The zero-order chi connectivity index (χ0) is 28.1. The molecule has 0 radical (unpaired) electrons. The molecule has 1 heterocycles. The Balaban J connectivity index is 1.49. The fourth-order valence-corrected chi connectivity index (χ4v) is 6.33. The number of carbonyl (C=O) groups is 3. The van der Waals surface area contributed by atoms with Crippen LogP contribution in [-0.2, 0) is 14.4 Å². The minimum Gasteiger partial charge on any atom is -0.484 e. The molecule has 3 aliphatic rings. The molecule has 5 rings (SSSR count). The standard InChI is InChI=1S/C33H38N2O4/c1-20-10-7-8-13-23(20)34-28(38)19-39-22-12-9-11-21(14-22)29-30-24(15-32(2,3)17-26(30)36)35(6)25-16-33(4,5)18-27(37)31(25)29/h7-14,29H,15-19H2,1-6H3,(H,34,38). The number of allylic oxidation sites excluding steroid dienone is 4. The number of rotatable bonds is 5. The molecule has 0 atom stereocenters. The van der Waals surface area contributed by atoms with Gasteiger partial charge in [-0.3, -0.25) is 14.4 Å². The quantitative estimate of drug-likeness (QED) is 0.493. The highest BCUT2D eigenvalue weighted by atomic mass is 16.5. The molecular formula is C33H38N2O4. The molecule has 0 saturated carbocycles. The van der Waals surface area contributed by atoms with Crippen molar-refractivity contribution in [2.24, 2.45) is 10.8 Å². The summed E-state index contributed by atoms with van der Waals surface area (Å²) in [6, 6.07) is 15.1. The highest BCUT2D eigenvalue weighted by Crippen LogP contribution is 2.54. The number of anilines is 1. The number of ketones is 2. The molecular weight excluding hydrogens is 488 g/mol. The van der Waals surface area contributed by atoms with Crippen molar-refractivity contribution in [2.75, 3.05) is 19.0 Å². The van der Waals surface area contributed by atoms with Crippen molar-refractivity contribution in [3.63, 3.8) is 0 Å². The summed E-state index contributed by atoms with van der Waals surface area (Å²) in [5.74, 6) is 0.0568. The summed E-state index contributed by atoms with van der Waals surface area (Å²) in [7, 11) is 2.01. The molecule has 2 aliphatic carbocycles. The number of nitrogens with zero attached hydrogens (tertiary/aromatic N) is 1. The molecule has 0 fully saturated rings. The Kier molecular flexibility index (Phi) is 6.78. The van der Waals surface area contributed by atoms with E-state index in [1.54, 1.807) is 0 Å². The zero-order valence-corrected chi connectivity index (χ0v) is 23.8. The van der Waals surface area contributed by atoms with Gasteiger partial charge in [0.1, 0.15) is 5.75 Å². The first-order valence-corrected chi connectivity index (χ1v) is 13.7. The van der Waals surface area contributed by atoms with Gasteiger partial charge in [0.05, 0.1) is 0 Å². The van der Waals surface area contributed by atoms with E-state index in [2.05, 4.69) is 37.9 Å². The minimum atomic E-state index is -0.428. The van der Waals surface area contributed by atoms with Crippen LogP contribution in [0.4, 0.5) is 5.69 Å². The van der Waals surface area contributed by atoms with Crippen LogP contribution in [0.1, 0.15) is 70.4 Å². The normalized spacial score (nSPS) is 20.5. The summed E-state index contributed by atoms with van der Waals surface area (Å²) in [4.78, 5) is 42.1. The van der Waals surface area contributed by atoms with Crippen LogP contribution in [0.5, 0.6) is 5.75 Å². The lowest BCUT2D eigenvalue weighted by Gasteiger charge is -2.47. The van der Waals surface area contributed by atoms with E-state index in [1.807, 2.05) is 62.5 Å². The second kappa shape index (κ2) is 9.82. The first-order chi connectivity index (χ1) is 18.3. The predicted molar refractivity (Wildman–Crippen MR) is 152 cm³/mol. The van der Waals surface area contributed by atoms with Crippen LogP contribution >= 0.6 is 0 Å². The summed E-state index contributed by atoms with van der Waals surface area (Å²) in [6.07, 6.45) is 2.46. The van der Waals surface area contributed by atoms with Crippen LogP contribution < -0.4 is 10.1 Å². The molecule has 0 aromatic heterocycles. The van der Waals surface area contributed by atoms with Gasteiger partial charge in [-0.25, -0.2) is 0 Å². The van der Waals surface area contributed by atoms with Crippen LogP contribution in [0.25, 0.3) is 0 Å². The fraction of sp³-hybridized carbons (Fsp3) is 0.424. The summed E-state index contributed by atoms with van der Waals surface area (Å²) < 4.78 is 5.90. The molecule has 6 nitrogen and oxygen atoms in total. The van der Waals surface area contributed by atoms with Gasteiger partial charge >= 0.3 is 0 Å². The highest BCUT2D eigenvalue weighted by molar-refractivity contribution is 6.06. The Hall–Kier alpha value is -3.67. The summed E-state index contributed by atoms with van der Waals surface area (Å²) in [5.41, 5.74) is 5.81. The van der Waals surface area contributed by atoms with Crippen molar-refractivity contribution in [1.29, 1.82) is 0 Å². The SMILES string of the molecule is Cc1ccccc1NC(=O)COc1cccc(C2C3=C(CC(C)(C)CC3=O)N(C)C3=C2C(=O)CC(C)(C)C3)c1. The van der Waals surface area contributed by atoms with Gasteiger partial charge in [0.2, 0.25) is 0 Å². The van der Waals surface area contributed by atoms with Crippen molar-refractivity contribution < 1.29 is 19.1 Å². The van der Waals surface area contributed by atoms with Crippen LogP contribution in [0, 0.1) is 17.8 Å². The Bertz CT molecular complexity index is 1370. The zero-order valence-electron chi connectivity index (χ0n) is 23.8. The largest absolute Gasteiger partial charge is 0.484 e.